The highest BCUT2D eigenvalue weighted by Crippen LogP contribution is 2.47. The average molecular weight is 333 g/mol. The van der Waals surface area contributed by atoms with Crippen molar-refractivity contribution in [2.75, 3.05) is 6.54 Å². The summed E-state index contributed by atoms with van der Waals surface area (Å²) in [5.41, 5.74) is 2.12. The normalized spacial score (nSPS) is 18.7. The van der Waals surface area contributed by atoms with E-state index in [0.717, 1.165) is 23.4 Å². The molecule has 2 aromatic heterocycles. The van der Waals surface area contributed by atoms with Crippen LogP contribution >= 0.6 is 0 Å². The van der Waals surface area contributed by atoms with Gasteiger partial charge in [0, 0.05) is 36.8 Å². The first-order valence-corrected chi connectivity index (χ1v) is 8.45. The molecular weight excluding hydrogens is 314 g/mol. The fourth-order valence-electron chi connectivity index (χ4n) is 3.01. The summed E-state index contributed by atoms with van der Waals surface area (Å²) >= 11 is 0. The van der Waals surface area contributed by atoms with Gasteiger partial charge in [-0.1, -0.05) is 36.4 Å². The van der Waals surface area contributed by atoms with Crippen molar-refractivity contribution in [3.8, 4) is 11.4 Å². The Morgan fingerprint density at radius 2 is 2.08 bits per heavy atom. The summed E-state index contributed by atoms with van der Waals surface area (Å²) < 4.78 is 0. The van der Waals surface area contributed by atoms with E-state index in [1.807, 2.05) is 48.7 Å². The third-order valence-corrected chi connectivity index (χ3v) is 4.46. The van der Waals surface area contributed by atoms with E-state index >= 15 is 0 Å². The van der Waals surface area contributed by atoms with E-state index in [2.05, 4.69) is 25.5 Å². The second-order valence-corrected chi connectivity index (χ2v) is 6.25. The fourth-order valence-corrected chi connectivity index (χ4v) is 3.01. The Labute approximate surface area is 145 Å². The Hall–Kier alpha value is -3.02. The highest BCUT2D eigenvalue weighted by molar-refractivity contribution is 5.82. The Morgan fingerprint density at radius 1 is 1.20 bits per heavy atom. The SMILES string of the molecule is O=C(NCCc1nc(-c2ccccc2)n[nH]1)[C@@H]1C[C@@H]1c1cccnc1. The number of rotatable bonds is 6. The number of benzene rings is 1. The fraction of sp³-hybridized carbons (Fsp3) is 0.263. The van der Waals surface area contributed by atoms with Gasteiger partial charge in [-0.05, 0) is 24.0 Å². The lowest BCUT2D eigenvalue weighted by molar-refractivity contribution is -0.122. The maximum Gasteiger partial charge on any atom is 0.223 e. The number of pyridine rings is 1. The number of hydrogen-bond acceptors (Lipinski definition) is 4. The van der Waals surface area contributed by atoms with E-state index in [4.69, 9.17) is 0 Å². The van der Waals surface area contributed by atoms with Crippen LogP contribution in [0.25, 0.3) is 11.4 Å². The van der Waals surface area contributed by atoms with E-state index < -0.39 is 0 Å². The third-order valence-electron chi connectivity index (χ3n) is 4.46. The van der Waals surface area contributed by atoms with Crippen molar-refractivity contribution in [1.82, 2.24) is 25.5 Å². The molecule has 1 aliphatic carbocycles. The molecule has 1 aliphatic rings. The van der Waals surface area contributed by atoms with Crippen LogP contribution in [0.15, 0.2) is 54.9 Å². The van der Waals surface area contributed by atoms with E-state index in [0.29, 0.717) is 24.7 Å². The molecule has 1 amide bonds. The summed E-state index contributed by atoms with van der Waals surface area (Å²) in [6, 6.07) is 13.8. The van der Waals surface area contributed by atoms with Gasteiger partial charge in [-0.3, -0.25) is 14.9 Å². The molecule has 0 saturated heterocycles. The van der Waals surface area contributed by atoms with Gasteiger partial charge in [0.2, 0.25) is 5.91 Å². The predicted molar refractivity (Wildman–Crippen MR) is 93.6 cm³/mol. The Kier molecular flexibility index (Phi) is 4.24. The number of nitrogens with zero attached hydrogens (tertiary/aromatic N) is 3. The van der Waals surface area contributed by atoms with Gasteiger partial charge in [-0.2, -0.15) is 5.10 Å². The lowest BCUT2D eigenvalue weighted by Gasteiger charge is -2.03. The second-order valence-electron chi connectivity index (χ2n) is 6.25. The van der Waals surface area contributed by atoms with Crippen molar-refractivity contribution in [3.05, 3.63) is 66.2 Å². The van der Waals surface area contributed by atoms with Crippen LogP contribution < -0.4 is 5.32 Å². The number of amides is 1. The quantitative estimate of drug-likeness (QED) is 0.725. The molecule has 0 aliphatic heterocycles. The molecule has 1 fully saturated rings. The third kappa shape index (κ3) is 3.57. The van der Waals surface area contributed by atoms with E-state index in [-0.39, 0.29) is 11.8 Å². The Morgan fingerprint density at radius 3 is 2.88 bits per heavy atom. The number of aromatic nitrogens is 4. The van der Waals surface area contributed by atoms with Crippen LogP contribution in [0.5, 0.6) is 0 Å². The van der Waals surface area contributed by atoms with Crippen LogP contribution in [0.2, 0.25) is 0 Å². The van der Waals surface area contributed by atoms with E-state index in [1.165, 1.54) is 0 Å². The molecule has 2 N–H and O–H groups in total. The zero-order valence-electron chi connectivity index (χ0n) is 13.7. The van der Waals surface area contributed by atoms with Crippen molar-refractivity contribution in [2.45, 2.75) is 18.8 Å². The topological polar surface area (TPSA) is 83.6 Å². The molecule has 6 heteroatoms. The van der Waals surface area contributed by atoms with Crippen molar-refractivity contribution in [2.24, 2.45) is 5.92 Å². The van der Waals surface area contributed by atoms with Gasteiger partial charge in [-0.25, -0.2) is 4.98 Å². The molecule has 1 aromatic carbocycles. The minimum atomic E-state index is 0.0683. The summed E-state index contributed by atoms with van der Waals surface area (Å²) in [7, 11) is 0. The van der Waals surface area contributed by atoms with Crippen LogP contribution in [0.4, 0.5) is 0 Å². The number of carbonyl (C=O) groups is 1. The molecule has 0 spiro atoms. The molecule has 0 unspecified atom stereocenters. The zero-order valence-corrected chi connectivity index (χ0v) is 13.7. The summed E-state index contributed by atoms with van der Waals surface area (Å²) in [5.74, 6) is 1.94. The molecular formula is C19H19N5O. The molecule has 0 radical (unpaired) electrons. The molecule has 2 atom stereocenters. The van der Waals surface area contributed by atoms with Gasteiger partial charge in [0.25, 0.3) is 0 Å². The standard InChI is InChI=1S/C19H19N5O/c25-19(16-11-15(16)14-7-4-9-20-12-14)21-10-8-17-22-18(24-23-17)13-5-2-1-3-6-13/h1-7,9,12,15-16H,8,10-11H2,(H,21,25)(H,22,23,24)/t15-,16-/m1/s1. The van der Waals surface area contributed by atoms with E-state index in [1.54, 1.807) is 6.20 Å². The Bertz CT molecular complexity index is 847. The van der Waals surface area contributed by atoms with Crippen molar-refractivity contribution < 1.29 is 4.79 Å². The smallest absolute Gasteiger partial charge is 0.223 e. The van der Waals surface area contributed by atoms with Crippen molar-refractivity contribution in [3.63, 3.8) is 0 Å². The minimum Gasteiger partial charge on any atom is -0.355 e. The zero-order chi connectivity index (χ0) is 17.1. The van der Waals surface area contributed by atoms with Gasteiger partial charge < -0.3 is 5.32 Å². The summed E-state index contributed by atoms with van der Waals surface area (Å²) in [6.07, 6.45) is 5.13. The summed E-state index contributed by atoms with van der Waals surface area (Å²) in [5, 5.41) is 10.2. The number of carbonyl (C=O) groups excluding carboxylic acids is 1. The van der Waals surface area contributed by atoms with Gasteiger partial charge in [0.15, 0.2) is 5.82 Å². The number of H-pyrrole nitrogens is 1. The van der Waals surface area contributed by atoms with Crippen LogP contribution in [0.1, 0.15) is 23.7 Å². The Balaban J connectivity index is 1.26. The molecule has 126 valence electrons. The van der Waals surface area contributed by atoms with Crippen LogP contribution in [-0.2, 0) is 11.2 Å². The minimum absolute atomic E-state index is 0.0683. The molecule has 3 aromatic rings. The summed E-state index contributed by atoms with van der Waals surface area (Å²) in [4.78, 5) is 20.8. The summed E-state index contributed by atoms with van der Waals surface area (Å²) in [6.45, 7) is 0.554. The average Bonchev–Trinajstić information content (AvgIpc) is 3.34. The van der Waals surface area contributed by atoms with Crippen LogP contribution in [-0.4, -0.2) is 32.6 Å². The molecule has 6 nitrogen and oxygen atoms in total. The highest BCUT2D eigenvalue weighted by atomic mass is 16.2. The maximum absolute atomic E-state index is 12.2. The van der Waals surface area contributed by atoms with Gasteiger partial charge >= 0.3 is 0 Å². The van der Waals surface area contributed by atoms with Crippen LogP contribution in [0.3, 0.4) is 0 Å². The number of hydrogen-bond donors (Lipinski definition) is 2. The van der Waals surface area contributed by atoms with Gasteiger partial charge in [0.1, 0.15) is 5.82 Å². The lowest BCUT2D eigenvalue weighted by Crippen LogP contribution is -2.27. The molecule has 2 heterocycles. The van der Waals surface area contributed by atoms with E-state index in [9.17, 15) is 4.79 Å². The van der Waals surface area contributed by atoms with Gasteiger partial charge in [-0.15, -0.1) is 0 Å². The highest BCUT2D eigenvalue weighted by Gasteiger charge is 2.43. The molecule has 1 saturated carbocycles. The first kappa shape index (κ1) is 15.5. The number of nitrogens with one attached hydrogen (secondary N) is 2. The lowest BCUT2D eigenvalue weighted by atomic mass is 10.1. The largest absolute Gasteiger partial charge is 0.355 e. The second kappa shape index (κ2) is 6.84. The molecule has 4 rings (SSSR count). The molecule has 25 heavy (non-hydrogen) atoms. The number of aromatic amines is 1. The maximum atomic E-state index is 12.2. The monoisotopic (exact) mass is 333 g/mol. The van der Waals surface area contributed by atoms with Crippen molar-refractivity contribution in [1.29, 1.82) is 0 Å². The van der Waals surface area contributed by atoms with Crippen LogP contribution in [0, 0.1) is 5.92 Å². The first-order valence-electron chi connectivity index (χ1n) is 8.45. The van der Waals surface area contributed by atoms with Gasteiger partial charge in [0.05, 0.1) is 0 Å². The molecule has 0 bridgehead atoms. The van der Waals surface area contributed by atoms with Crippen molar-refractivity contribution >= 4 is 5.91 Å². The first-order chi connectivity index (χ1) is 12.3. The predicted octanol–water partition coefficient (Wildman–Crippen LogP) is 2.33.